The molecule has 0 aromatic carbocycles. The van der Waals surface area contributed by atoms with Crippen LogP contribution in [0.25, 0.3) is 0 Å². The van der Waals surface area contributed by atoms with Crippen LogP contribution in [-0.4, -0.2) is 36.0 Å². The molecule has 2 atom stereocenters. The molecule has 0 aromatic heterocycles. The molecule has 0 spiro atoms. The Balaban J connectivity index is 1.94. The van der Waals surface area contributed by atoms with Gasteiger partial charge in [-0.05, 0) is 12.2 Å². The lowest BCUT2D eigenvalue weighted by atomic mass is 9.92. The zero-order valence-corrected chi connectivity index (χ0v) is 9.77. The highest BCUT2D eigenvalue weighted by molar-refractivity contribution is 5.17. The number of allylic oxidation sites excluding steroid dienone is 2. The van der Waals surface area contributed by atoms with Gasteiger partial charge in [0.15, 0.2) is 6.10 Å². The Kier molecular flexibility index (Phi) is 3.21. The fourth-order valence-corrected chi connectivity index (χ4v) is 1.88. The minimum absolute atomic E-state index is 0.141. The summed E-state index contributed by atoms with van der Waals surface area (Å²) in [7, 11) is 0. The Hall–Kier alpha value is -1.00. The number of fused-ring (bicyclic) bond motifs is 1. The standard InChI is InChI=1S/C12H19NO3/c1-9(2)13-7-12(14)6-11-10(16-8-12)4-3-5-15-11/h3-5,9,11,13-14H,6-8H2,1-2H3. The predicted molar refractivity (Wildman–Crippen MR) is 60.8 cm³/mol. The summed E-state index contributed by atoms with van der Waals surface area (Å²) in [6, 6.07) is 0.355. The highest BCUT2D eigenvalue weighted by Crippen LogP contribution is 2.29. The third-order valence-corrected chi connectivity index (χ3v) is 2.81. The van der Waals surface area contributed by atoms with E-state index in [2.05, 4.69) is 19.2 Å². The first-order valence-electron chi connectivity index (χ1n) is 5.70. The van der Waals surface area contributed by atoms with Crippen molar-refractivity contribution in [2.24, 2.45) is 0 Å². The van der Waals surface area contributed by atoms with Crippen LogP contribution in [0.15, 0.2) is 24.2 Å². The maximum atomic E-state index is 10.3. The van der Waals surface area contributed by atoms with Crippen molar-refractivity contribution in [2.75, 3.05) is 13.2 Å². The smallest absolute Gasteiger partial charge is 0.157 e. The van der Waals surface area contributed by atoms with E-state index in [9.17, 15) is 5.11 Å². The molecule has 2 heterocycles. The largest absolute Gasteiger partial charge is 0.491 e. The molecule has 2 unspecified atom stereocenters. The number of ether oxygens (including phenoxy) is 2. The lowest BCUT2D eigenvalue weighted by Crippen LogP contribution is -2.52. The van der Waals surface area contributed by atoms with E-state index >= 15 is 0 Å². The zero-order chi connectivity index (χ0) is 11.6. The first-order valence-corrected chi connectivity index (χ1v) is 5.70. The number of aliphatic hydroxyl groups is 1. The third kappa shape index (κ3) is 2.57. The molecule has 0 radical (unpaired) electrons. The van der Waals surface area contributed by atoms with Crippen LogP contribution < -0.4 is 5.32 Å². The van der Waals surface area contributed by atoms with Gasteiger partial charge in [0.1, 0.15) is 18.0 Å². The average Bonchev–Trinajstić information content (AvgIpc) is 2.26. The number of nitrogens with one attached hydrogen (secondary N) is 1. The average molecular weight is 225 g/mol. The highest BCUT2D eigenvalue weighted by Gasteiger charge is 2.39. The van der Waals surface area contributed by atoms with Crippen LogP contribution in [0.4, 0.5) is 0 Å². The van der Waals surface area contributed by atoms with Crippen molar-refractivity contribution < 1.29 is 14.6 Å². The van der Waals surface area contributed by atoms with Crippen molar-refractivity contribution >= 4 is 0 Å². The summed E-state index contributed by atoms with van der Waals surface area (Å²) in [5.74, 6) is 0.816. The van der Waals surface area contributed by atoms with Crippen LogP contribution >= 0.6 is 0 Å². The number of hydrogen-bond donors (Lipinski definition) is 2. The molecule has 2 aliphatic heterocycles. The van der Waals surface area contributed by atoms with Gasteiger partial charge < -0.3 is 19.9 Å². The van der Waals surface area contributed by atoms with Crippen LogP contribution in [0.5, 0.6) is 0 Å². The molecular weight excluding hydrogens is 206 g/mol. The van der Waals surface area contributed by atoms with E-state index in [0.29, 0.717) is 25.6 Å². The van der Waals surface area contributed by atoms with Crippen LogP contribution in [0.1, 0.15) is 20.3 Å². The van der Waals surface area contributed by atoms with Gasteiger partial charge in [-0.3, -0.25) is 0 Å². The SMILES string of the molecule is CC(C)NCC1(O)COC2=CC=COC2C1. The monoisotopic (exact) mass is 225 g/mol. The summed E-state index contributed by atoms with van der Waals surface area (Å²) in [6.45, 7) is 4.96. The fourth-order valence-electron chi connectivity index (χ4n) is 1.88. The van der Waals surface area contributed by atoms with Crippen molar-refractivity contribution in [3.63, 3.8) is 0 Å². The van der Waals surface area contributed by atoms with Gasteiger partial charge in [-0.25, -0.2) is 0 Å². The Bertz CT molecular complexity index is 311. The Morgan fingerprint density at radius 2 is 2.44 bits per heavy atom. The van der Waals surface area contributed by atoms with Gasteiger partial charge in [-0.2, -0.15) is 0 Å². The minimum atomic E-state index is -0.836. The second-order valence-electron chi connectivity index (χ2n) is 4.78. The maximum absolute atomic E-state index is 10.3. The molecule has 0 aromatic rings. The highest BCUT2D eigenvalue weighted by atomic mass is 16.5. The molecule has 1 saturated heterocycles. The van der Waals surface area contributed by atoms with Crippen molar-refractivity contribution in [1.29, 1.82) is 0 Å². The van der Waals surface area contributed by atoms with Gasteiger partial charge in [-0.15, -0.1) is 0 Å². The lowest BCUT2D eigenvalue weighted by molar-refractivity contribution is -0.103. The Labute approximate surface area is 95.9 Å². The number of hydrogen-bond acceptors (Lipinski definition) is 4. The molecule has 0 bridgehead atoms. The topological polar surface area (TPSA) is 50.7 Å². The summed E-state index contributed by atoms with van der Waals surface area (Å²) in [6.07, 6.45) is 5.77. The first-order chi connectivity index (χ1) is 7.59. The summed E-state index contributed by atoms with van der Waals surface area (Å²) < 4.78 is 10.9. The summed E-state index contributed by atoms with van der Waals surface area (Å²) in [5.41, 5.74) is -0.836. The molecule has 90 valence electrons. The first kappa shape index (κ1) is 11.5. The lowest BCUT2D eigenvalue weighted by Gasteiger charge is -2.39. The van der Waals surface area contributed by atoms with Crippen LogP contribution in [-0.2, 0) is 9.47 Å². The molecule has 2 rings (SSSR count). The second kappa shape index (κ2) is 4.47. The molecule has 0 aliphatic carbocycles. The number of rotatable bonds is 3. The fraction of sp³-hybridized carbons (Fsp3) is 0.667. The maximum Gasteiger partial charge on any atom is 0.157 e. The van der Waals surface area contributed by atoms with Gasteiger partial charge in [0.05, 0.1) is 6.26 Å². The van der Waals surface area contributed by atoms with E-state index in [1.807, 2.05) is 12.2 Å². The molecule has 2 N–H and O–H groups in total. The Morgan fingerprint density at radius 1 is 1.62 bits per heavy atom. The van der Waals surface area contributed by atoms with Crippen molar-refractivity contribution in [2.45, 2.75) is 38.0 Å². The van der Waals surface area contributed by atoms with Crippen molar-refractivity contribution in [1.82, 2.24) is 5.32 Å². The summed E-state index contributed by atoms with van der Waals surface area (Å²) in [4.78, 5) is 0. The van der Waals surface area contributed by atoms with Gasteiger partial charge in [0, 0.05) is 19.0 Å². The van der Waals surface area contributed by atoms with E-state index in [4.69, 9.17) is 9.47 Å². The summed E-state index contributed by atoms with van der Waals surface area (Å²) in [5, 5.41) is 13.6. The minimum Gasteiger partial charge on any atom is -0.491 e. The quantitative estimate of drug-likeness (QED) is 0.750. The van der Waals surface area contributed by atoms with Gasteiger partial charge >= 0.3 is 0 Å². The van der Waals surface area contributed by atoms with Gasteiger partial charge in [0.25, 0.3) is 0 Å². The van der Waals surface area contributed by atoms with E-state index in [1.54, 1.807) is 6.26 Å². The molecule has 0 saturated carbocycles. The normalized spacial score (nSPS) is 32.8. The van der Waals surface area contributed by atoms with Crippen molar-refractivity contribution in [3.8, 4) is 0 Å². The van der Waals surface area contributed by atoms with Gasteiger partial charge in [-0.1, -0.05) is 13.8 Å². The van der Waals surface area contributed by atoms with E-state index < -0.39 is 5.60 Å². The third-order valence-electron chi connectivity index (χ3n) is 2.81. The molecule has 16 heavy (non-hydrogen) atoms. The summed E-state index contributed by atoms with van der Waals surface area (Å²) >= 11 is 0. The zero-order valence-electron chi connectivity index (χ0n) is 9.77. The van der Waals surface area contributed by atoms with Crippen LogP contribution in [0.3, 0.4) is 0 Å². The molecular formula is C12H19NO3. The van der Waals surface area contributed by atoms with E-state index in [-0.39, 0.29) is 6.10 Å². The van der Waals surface area contributed by atoms with E-state index in [0.717, 1.165) is 5.76 Å². The predicted octanol–water partition coefficient (Wildman–Crippen LogP) is 0.932. The van der Waals surface area contributed by atoms with Gasteiger partial charge in [0.2, 0.25) is 0 Å². The molecule has 2 aliphatic rings. The second-order valence-corrected chi connectivity index (χ2v) is 4.78. The van der Waals surface area contributed by atoms with Crippen molar-refractivity contribution in [3.05, 3.63) is 24.2 Å². The van der Waals surface area contributed by atoms with Crippen LogP contribution in [0.2, 0.25) is 0 Å². The molecule has 4 nitrogen and oxygen atoms in total. The van der Waals surface area contributed by atoms with Crippen LogP contribution in [0, 0.1) is 0 Å². The van der Waals surface area contributed by atoms with E-state index in [1.165, 1.54) is 0 Å². The molecule has 0 amide bonds. The Morgan fingerprint density at radius 3 is 3.19 bits per heavy atom. The molecule has 4 heteroatoms. The molecule has 1 fully saturated rings.